The number of benzene rings is 1. The minimum absolute atomic E-state index is 0.0271. The first-order chi connectivity index (χ1) is 26.6. The van der Waals surface area contributed by atoms with Crippen LogP contribution in [-0.4, -0.2) is 105 Å². The zero-order valence-corrected chi connectivity index (χ0v) is 32.2. The van der Waals surface area contributed by atoms with Gasteiger partial charge in [0.2, 0.25) is 11.8 Å². The van der Waals surface area contributed by atoms with Crippen LogP contribution in [0.3, 0.4) is 0 Å². The molecule has 1 aromatic carbocycles. The number of hydrogen-bond donors (Lipinski definition) is 4. The van der Waals surface area contributed by atoms with E-state index >= 15 is 0 Å². The van der Waals surface area contributed by atoms with E-state index in [4.69, 9.17) is 34.7 Å². The van der Waals surface area contributed by atoms with Crippen LogP contribution in [0.4, 0.5) is 0 Å². The van der Waals surface area contributed by atoms with Gasteiger partial charge in [-0.1, -0.05) is 36.4 Å². The Hall–Kier alpha value is -4.91. The topological polar surface area (TPSA) is 303 Å². The largest absolute Gasteiger partial charge is 0.491 e. The van der Waals surface area contributed by atoms with Crippen molar-refractivity contribution in [2.45, 2.75) is 38.0 Å². The molecule has 0 radical (unpaired) electrons. The summed E-state index contributed by atoms with van der Waals surface area (Å²) in [4.78, 5) is 68.2. The van der Waals surface area contributed by atoms with Crippen molar-refractivity contribution in [3.05, 3.63) is 83.3 Å². The molecular formula is C30H38N11O11P3. The lowest BCUT2D eigenvalue weighted by Gasteiger charge is -2.17. The number of carbonyl (C=O) groups is 3. The van der Waals surface area contributed by atoms with Crippen LogP contribution < -0.4 is 31.9 Å². The molecule has 0 bridgehead atoms. The molecule has 0 aliphatic carbocycles. The third kappa shape index (κ3) is 16.6. The first kappa shape index (κ1) is 44.5. The highest BCUT2D eigenvalue weighted by Gasteiger charge is 2.37. The highest BCUT2D eigenvalue weighted by atomic mass is 32.4. The van der Waals surface area contributed by atoms with Gasteiger partial charge >= 0.3 is 5.69 Å². The molecule has 2 aromatic rings. The molecule has 3 rings (SSSR count). The van der Waals surface area contributed by atoms with Crippen molar-refractivity contribution in [1.29, 1.82) is 0 Å². The minimum Gasteiger partial charge on any atom is -0.491 e. The van der Waals surface area contributed by atoms with Crippen molar-refractivity contribution in [3.8, 4) is 17.6 Å². The standard InChI is InChI=1S/C30H38N11O11P3/c1-19(42)33-8-9-35-28(44)20-4-2-6-22(12-20)50-16-26(38-40-32)49-11-10-48-15-25(43)34-7-3-5-21-14-41(30(46)37-29(21)45)27-13-23(51-18-36-39-31)24(52-27)17-53-55-54-47/h2,4,6,12,14,23-24,26-27,53,55H,7-11,13,15-18H2,1H3,(H,33,42)(H,34,43)(H,35,44)(H,37,45,46)/t23-,24-,26?,27-/m1/s1. The van der Waals surface area contributed by atoms with Gasteiger partial charge in [0.15, 0.2) is 14.4 Å². The number of ether oxygens (including phenoxy) is 5. The van der Waals surface area contributed by atoms with Crippen LogP contribution in [0.15, 0.2) is 50.3 Å². The monoisotopic (exact) mass is 821 g/mol. The second-order valence-corrected chi connectivity index (χ2v) is 16.4. The van der Waals surface area contributed by atoms with Gasteiger partial charge in [0.1, 0.15) is 37.5 Å². The molecule has 22 nitrogen and oxygen atoms in total. The zero-order chi connectivity index (χ0) is 39.8. The van der Waals surface area contributed by atoms with Crippen molar-refractivity contribution in [2.75, 3.05) is 59.0 Å². The Balaban J connectivity index is 1.42. The fourth-order valence-electron chi connectivity index (χ4n) is 4.68. The van der Waals surface area contributed by atoms with E-state index in [1.54, 1.807) is 18.2 Å². The Kier molecular flexibility index (Phi) is 20.4. The van der Waals surface area contributed by atoms with E-state index < -0.39 is 41.8 Å². The van der Waals surface area contributed by atoms with E-state index in [-0.39, 0.29) is 92.7 Å². The number of nitrogens with zero attached hydrogens (tertiary/aromatic N) is 7. The minimum atomic E-state index is -1.04. The average Bonchev–Trinajstić information content (AvgIpc) is 3.56. The summed E-state index contributed by atoms with van der Waals surface area (Å²) >= 11 is 0. The van der Waals surface area contributed by atoms with Crippen molar-refractivity contribution in [1.82, 2.24) is 25.5 Å². The molecular weight excluding hydrogens is 783 g/mol. The van der Waals surface area contributed by atoms with Gasteiger partial charge in [-0.15, -0.1) is 0 Å². The van der Waals surface area contributed by atoms with Crippen molar-refractivity contribution in [2.24, 2.45) is 10.2 Å². The molecule has 1 aliphatic rings. The molecule has 3 amide bonds. The Labute approximate surface area is 317 Å². The molecule has 0 saturated carbocycles. The SMILES string of the molecule is CC(=O)NCCNC(=O)c1cccc(OCC(N=[N+]=[N-])OCCOCC(=O)NCC#Cc2cn([C@H]3C[C@@H](OCN=[N+]=[N-])[C@@H](CPPP=O)O3)c(=O)[nH]c2=O)c1. The third-order valence-electron chi connectivity index (χ3n) is 7.12. The summed E-state index contributed by atoms with van der Waals surface area (Å²) in [6.07, 6.45) is -0.846. The number of H-pyrrole nitrogens is 1. The van der Waals surface area contributed by atoms with Crippen LogP contribution >= 0.6 is 24.4 Å². The summed E-state index contributed by atoms with van der Waals surface area (Å²) < 4.78 is 40.1. The zero-order valence-electron chi connectivity index (χ0n) is 29.3. The Morgan fingerprint density at radius 3 is 2.76 bits per heavy atom. The molecule has 1 aromatic heterocycles. The molecule has 25 heteroatoms. The summed E-state index contributed by atoms with van der Waals surface area (Å²) in [5.74, 6) is 4.50. The maximum Gasteiger partial charge on any atom is 0.330 e. The van der Waals surface area contributed by atoms with E-state index in [0.717, 1.165) is 0 Å². The fourth-order valence-corrected chi connectivity index (χ4v) is 7.87. The van der Waals surface area contributed by atoms with Gasteiger partial charge in [-0.3, -0.25) is 33.3 Å². The summed E-state index contributed by atoms with van der Waals surface area (Å²) in [5, 5.41) is 14.7. The maximum absolute atomic E-state index is 12.6. The van der Waals surface area contributed by atoms with Gasteiger partial charge in [-0.25, -0.2) is 4.79 Å². The highest BCUT2D eigenvalue weighted by Crippen LogP contribution is 2.48. The van der Waals surface area contributed by atoms with Gasteiger partial charge in [0.05, 0.1) is 32.0 Å². The predicted molar refractivity (Wildman–Crippen MR) is 200 cm³/mol. The molecule has 55 heavy (non-hydrogen) atoms. The van der Waals surface area contributed by atoms with Gasteiger partial charge in [0, 0.05) is 48.0 Å². The molecule has 2 heterocycles. The molecule has 1 fully saturated rings. The number of aromatic nitrogens is 2. The Bertz CT molecular complexity index is 1910. The van der Waals surface area contributed by atoms with Crippen LogP contribution in [0.2, 0.25) is 0 Å². The van der Waals surface area contributed by atoms with E-state index in [1.165, 1.54) is 23.8 Å². The number of nitrogens with one attached hydrogen (secondary N) is 4. The van der Waals surface area contributed by atoms with Crippen LogP contribution in [0.5, 0.6) is 5.75 Å². The summed E-state index contributed by atoms with van der Waals surface area (Å²) in [6.45, 7) is 0.893. The van der Waals surface area contributed by atoms with E-state index in [1.807, 2.05) is 0 Å². The Morgan fingerprint density at radius 1 is 1.18 bits per heavy atom. The molecule has 0 spiro atoms. The van der Waals surface area contributed by atoms with Crippen molar-refractivity contribution >= 4 is 42.1 Å². The van der Waals surface area contributed by atoms with Gasteiger partial charge in [0.25, 0.3) is 11.5 Å². The van der Waals surface area contributed by atoms with E-state index in [0.29, 0.717) is 25.7 Å². The molecule has 4 N–H and O–H groups in total. The quantitative estimate of drug-likeness (QED) is 0.0314. The highest BCUT2D eigenvalue weighted by molar-refractivity contribution is 8.40. The lowest BCUT2D eigenvalue weighted by molar-refractivity contribution is -0.126. The molecule has 1 aliphatic heterocycles. The van der Waals surface area contributed by atoms with Gasteiger partial charge in [-0.2, -0.15) is 0 Å². The average molecular weight is 822 g/mol. The molecule has 3 unspecified atom stereocenters. The lowest BCUT2D eigenvalue weighted by atomic mass is 10.2. The van der Waals surface area contributed by atoms with Crippen LogP contribution in [-0.2, 0) is 33.1 Å². The number of carbonyl (C=O) groups excluding carboxylic acids is 3. The van der Waals surface area contributed by atoms with E-state index in [9.17, 15) is 28.5 Å². The number of hydrogen-bond acceptors (Lipinski definition) is 13. The van der Waals surface area contributed by atoms with Gasteiger partial charge < -0.3 is 39.6 Å². The number of aromatic amines is 1. The summed E-state index contributed by atoms with van der Waals surface area (Å²) in [7, 11) is 0.546. The van der Waals surface area contributed by atoms with Crippen LogP contribution in [0.1, 0.15) is 35.5 Å². The number of amides is 3. The van der Waals surface area contributed by atoms with E-state index in [2.05, 4.69) is 52.8 Å². The van der Waals surface area contributed by atoms with Crippen LogP contribution in [0, 0.1) is 11.8 Å². The second-order valence-electron chi connectivity index (χ2n) is 11.0. The van der Waals surface area contributed by atoms with Crippen LogP contribution in [0.25, 0.3) is 20.9 Å². The molecule has 294 valence electrons. The van der Waals surface area contributed by atoms with Crippen molar-refractivity contribution in [3.63, 3.8) is 0 Å². The first-order valence-corrected chi connectivity index (χ1v) is 21.2. The number of azide groups is 2. The summed E-state index contributed by atoms with van der Waals surface area (Å²) in [6, 6.07) is 6.29. The smallest absolute Gasteiger partial charge is 0.330 e. The molecule has 1 saturated heterocycles. The van der Waals surface area contributed by atoms with Gasteiger partial charge in [-0.05, 0) is 43.4 Å². The first-order valence-electron chi connectivity index (χ1n) is 16.3. The summed E-state index contributed by atoms with van der Waals surface area (Å²) in [5.41, 5.74) is 16.3. The maximum atomic E-state index is 12.6. The Morgan fingerprint density at radius 2 is 2.00 bits per heavy atom. The number of rotatable bonds is 23. The molecule has 6 atom stereocenters. The van der Waals surface area contributed by atoms with Crippen molar-refractivity contribution < 1.29 is 42.6 Å². The fraction of sp³-hybridized carbons (Fsp3) is 0.500. The second kappa shape index (κ2) is 25.2. The lowest BCUT2D eigenvalue weighted by Crippen LogP contribution is -2.33. The normalized spacial score (nSPS) is 16.9. The predicted octanol–water partition coefficient (Wildman–Crippen LogP) is 2.04. The third-order valence-corrected chi connectivity index (χ3v) is 11.6.